The van der Waals surface area contributed by atoms with E-state index in [-0.39, 0.29) is 68.3 Å². The fraction of sp³-hybridized carbons (Fsp3) is 0.767. The molecular weight excluding hydrogens is 978 g/mol. The number of alkyl halides is 2. The molecule has 0 bridgehead atoms. The molecule has 2 aliphatic heterocycles. The van der Waals surface area contributed by atoms with E-state index in [0.29, 0.717) is 25.7 Å². The van der Waals surface area contributed by atoms with Gasteiger partial charge in [-0.15, -0.1) is 0 Å². The first-order chi connectivity index (χ1) is 35.4. The molecule has 0 unspecified atom stereocenters. The Morgan fingerprint density at radius 1 is 0.800 bits per heavy atom. The molecule has 0 spiro atoms. The van der Waals surface area contributed by atoms with Crippen molar-refractivity contribution in [2.45, 2.75) is 249 Å². The number of aliphatic hydroxyl groups excluding tert-OH is 3. The summed E-state index contributed by atoms with van der Waals surface area (Å²) in [4.78, 5) is 31.6. The van der Waals surface area contributed by atoms with Crippen LogP contribution in [0.25, 0.3) is 0 Å². The van der Waals surface area contributed by atoms with Crippen LogP contribution in [0.15, 0.2) is 60.7 Å². The van der Waals surface area contributed by atoms with Gasteiger partial charge in [0.15, 0.2) is 6.29 Å². The van der Waals surface area contributed by atoms with Crippen molar-refractivity contribution in [1.82, 2.24) is 9.80 Å². The van der Waals surface area contributed by atoms with E-state index in [0.717, 1.165) is 63.9 Å². The minimum atomic E-state index is -2.57. The number of benzene rings is 2. The zero-order valence-corrected chi connectivity index (χ0v) is 48.2. The van der Waals surface area contributed by atoms with Crippen molar-refractivity contribution >= 4 is 29.7 Å². The molecule has 3 fully saturated rings. The maximum atomic E-state index is 14.5. The lowest BCUT2D eigenvalue weighted by Gasteiger charge is -2.46. The van der Waals surface area contributed by atoms with Gasteiger partial charge in [0.2, 0.25) is 11.8 Å². The van der Waals surface area contributed by atoms with Crippen LogP contribution in [-0.4, -0.2) is 152 Å². The summed E-state index contributed by atoms with van der Waals surface area (Å²) in [5.74, 6) is -5.97. The fourth-order valence-corrected chi connectivity index (χ4v) is 18.2. The molecule has 2 aromatic carbocycles. The van der Waals surface area contributed by atoms with Gasteiger partial charge in [0.05, 0.1) is 65.6 Å². The number of cyclic esters (lactones) is 1. The molecule has 0 aromatic heterocycles. The molecular formula is C60H98F2N2O10P+. The molecule has 2 saturated heterocycles. The highest BCUT2D eigenvalue weighted by molar-refractivity contribution is 7.90. The van der Waals surface area contributed by atoms with Gasteiger partial charge in [-0.2, -0.15) is 0 Å². The van der Waals surface area contributed by atoms with Crippen LogP contribution in [0.1, 0.15) is 171 Å². The highest BCUT2D eigenvalue weighted by Gasteiger charge is 2.54. The van der Waals surface area contributed by atoms with Crippen molar-refractivity contribution in [3.8, 4) is 0 Å². The topological polar surface area (TPSA) is 169 Å². The van der Waals surface area contributed by atoms with Crippen LogP contribution in [0.4, 0.5) is 8.78 Å². The quantitative estimate of drug-likeness (QED) is 0.0487. The lowest BCUT2D eigenvalue weighted by Crippen LogP contribution is -2.60. The van der Waals surface area contributed by atoms with Crippen LogP contribution in [0.5, 0.6) is 0 Å². The van der Waals surface area contributed by atoms with Gasteiger partial charge in [-0.25, -0.2) is 8.78 Å². The minimum absolute atomic E-state index is 0.0290. The number of halogens is 2. The summed E-state index contributed by atoms with van der Waals surface area (Å²) in [7, 11) is 1.80. The number of likely N-dealkylation sites (N-methyl/N-ethyl adjacent to an activating group) is 1. The average Bonchev–Trinajstić information content (AvgIpc) is 3.37. The Balaban J connectivity index is 1.18. The maximum absolute atomic E-state index is 14.5. The number of carbonyl (C=O) groups excluding carboxylic acids is 2. The molecule has 14 atom stereocenters. The highest BCUT2D eigenvalue weighted by atomic mass is 31.2. The Morgan fingerprint density at radius 2 is 1.32 bits per heavy atom. The number of amides is 1. The van der Waals surface area contributed by atoms with Crippen LogP contribution in [0.3, 0.4) is 0 Å². The summed E-state index contributed by atoms with van der Waals surface area (Å²) in [6, 6.07) is 20.2. The van der Waals surface area contributed by atoms with Gasteiger partial charge in [-0.3, -0.25) is 9.59 Å². The van der Waals surface area contributed by atoms with Gasteiger partial charge in [-0.1, -0.05) is 102 Å². The van der Waals surface area contributed by atoms with E-state index in [4.69, 9.17) is 14.2 Å². The summed E-state index contributed by atoms with van der Waals surface area (Å²) in [6.07, 6.45) is 5.55. The molecule has 75 heavy (non-hydrogen) atoms. The molecule has 5 N–H and O–H groups in total. The van der Waals surface area contributed by atoms with Crippen molar-refractivity contribution in [2.75, 3.05) is 26.8 Å². The van der Waals surface area contributed by atoms with E-state index in [9.17, 15) is 43.9 Å². The molecule has 1 amide bonds. The van der Waals surface area contributed by atoms with Crippen molar-refractivity contribution in [3.05, 3.63) is 60.7 Å². The Kier molecular flexibility index (Phi) is 24.0. The first-order valence-electron chi connectivity index (χ1n) is 28.7. The first kappa shape index (κ1) is 63.2. The number of aliphatic hydroxyl groups is 5. The molecule has 15 heteroatoms. The number of carbonyl (C=O) groups is 2. The van der Waals surface area contributed by atoms with Crippen LogP contribution in [-0.2, 0) is 23.8 Å². The fourth-order valence-electron chi connectivity index (χ4n) is 12.9. The summed E-state index contributed by atoms with van der Waals surface area (Å²) in [5, 5.41) is 62.2. The molecule has 3 aliphatic rings. The lowest BCUT2D eigenvalue weighted by atomic mass is 9.78. The van der Waals surface area contributed by atoms with Crippen molar-refractivity contribution in [3.63, 3.8) is 0 Å². The van der Waals surface area contributed by atoms with Crippen molar-refractivity contribution < 1.29 is 58.1 Å². The normalized spacial score (nSPS) is 33.9. The van der Waals surface area contributed by atoms with Gasteiger partial charge in [0, 0.05) is 37.8 Å². The smallest absolute Gasteiger partial charge is 0.311 e. The van der Waals surface area contributed by atoms with E-state index in [2.05, 4.69) is 48.5 Å². The second-order valence-electron chi connectivity index (χ2n) is 23.9. The molecule has 2 heterocycles. The maximum Gasteiger partial charge on any atom is 0.311 e. The first-order valence-corrected chi connectivity index (χ1v) is 30.7. The molecule has 1 aliphatic carbocycles. The second kappa shape index (κ2) is 28.5. The van der Waals surface area contributed by atoms with Crippen molar-refractivity contribution in [1.29, 1.82) is 0 Å². The van der Waals surface area contributed by atoms with E-state index < -0.39 is 85.0 Å². The van der Waals surface area contributed by atoms with Gasteiger partial charge in [-0.05, 0) is 130 Å². The Hall–Kier alpha value is -2.65. The third-order valence-corrected chi connectivity index (χ3v) is 22.6. The van der Waals surface area contributed by atoms with E-state index >= 15 is 0 Å². The summed E-state index contributed by atoms with van der Waals surface area (Å²) < 4.78 is 47.5. The molecule has 0 radical (unpaired) electrons. The van der Waals surface area contributed by atoms with Gasteiger partial charge in [0.25, 0.3) is 0 Å². The van der Waals surface area contributed by atoms with E-state index in [1.807, 2.05) is 45.0 Å². The molecule has 1 saturated carbocycles. The predicted octanol–water partition coefficient (Wildman–Crippen LogP) is 9.41. The largest absolute Gasteiger partial charge is 0.459 e. The molecule has 12 nitrogen and oxygen atoms in total. The van der Waals surface area contributed by atoms with Crippen molar-refractivity contribution in [2.24, 2.45) is 17.8 Å². The standard InChI is InChI=1S/C60H98F2N2O10P/c1-11-50-59(8,71)54(68)45(6)64(40-41(2)39-58(7,70)55(43(4)52(66)44(5)56(69)73-50)74-57-53(67)49(63(9)10)38-42(3)72-57)51(65)32-26-18-16-14-12-13-15-17-19-27-37-75(46-28-22-20-23-29-46,47-30-24-21-25-31-47)48-33-35-60(61,62)36-34-48/h20-25,28-31,41-45,48-50,52-55,57,66-68,70-71H,11-19,26-27,32-40H2,1-10H3/q+1/t41-,42-,43+,44-,45-,49+,50-,52+,53-,54-,55-,57+,58-,59-/m1/s1. The minimum Gasteiger partial charge on any atom is -0.459 e. The lowest BCUT2D eigenvalue weighted by molar-refractivity contribution is -0.299. The van der Waals surface area contributed by atoms with Gasteiger partial charge >= 0.3 is 5.97 Å². The summed E-state index contributed by atoms with van der Waals surface area (Å²) in [5.41, 5.74) is -3.38. The Bertz CT molecular complexity index is 1970. The number of nitrogens with zero attached hydrogens (tertiary/aromatic N) is 2. The number of esters is 1. The van der Waals surface area contributed by atoms with E-state index in [1.54, 1.807) is 32.6 Å². The second-order valence-corrected chi connectivity index (χ2v) is 27.8. The Labute approximate surface area is 450 Å². The number of unbranched alkanes of at least 4 members (excludes halogenated alkanes) is 9. The van der Waals surface area contributed by atoms with Crippen LogP contribution < -0.4 is 10.6 Å². The van der Waals surface area contributed by atoms with Gasteiger partial charge in [0.1, 0.15) is 23.9 Å². The monoisotopic (exact) mass is 1080 g/mol. The van der Waals surface area contributed by atoms with Crippen LogP contribution >= 0.6 is 7.26 Å². The third-order valence-electron chi connectivity index (χ3n) is 17.4. The Morgan fingerprint density at radius 3 is 1.84 bits per heavy atom. The number of ether oxygens (including phenoxy) is 3. The molecule has 5 rings (SSSR count). The summed E-state index contributed by atoms with van der Waals surface area (Å²) >= 11 is 0. The highest BCUT2D eigenvalue weighted by Crippen LogP contribution is 2.65. The number of hydrogen-bond acceptors (Lipinski definition) is 11. The van der Waals surface area contributed by atoms with Crippen LogP contribution in [0.2, 0.25) is 0 Å². The SMILES string of the molecule is CC[C@H]1OC(=O)[C@H](C)[C@@H](O)[C@H](C)[C@@H](O[C@@H]2O[C@H](C)C[C@H](N(C)C)[C@H]2O)[C@](C)(O)C[C@@H](C)CN(C(=O)CCCCCCCCCCCC[P+](c2ccccc2)(c2ccccc2)C2CCC(F)(F)CC2)[C@H](C)[C@@H](O)[C@]1(C)O. The zero-order chi connectivity index (χ0) is 55.3. The molecule has 426 valence electrons. The van der Waals surface area contributed by atoms with Gasteiger partial charge < -0.3 is 49.5 Å². The predicted molar refractivity (Wildman–Crippen MR) is 296 cm³/mol. The third kappa shape index (κ3) is 16.5. The zero-order valence-electron chi connectivity index (χ0n) is 47.3. The number of hydrogen-bond donors (Lipinski definition) is 5. The molecule has 2 aromatic rings. The van der Waals surface area contributed by atoms with Crippen LogP contribution in [0, 0.1) is 17.8 Å². The number of rotatable bonds is 20. The summed E-state index contributed by atoms with van der Waals surface area (Å²) in [6.45, 7) is 13.5. The van der Waals surface area contributed by atoms with E-state index in [1.165, 1.54) is 24.5 Å². The average molecular weight is 1080 g/mol.